The maximum atomic E-state index is 12.2. The van der Waals surface area contributed by atoms with Gasteiger partial charge in [0.1, 0.15) is 11.8 Å². The van der Waals surface area contributed by atoms with Crippen LogP contribution in [0.15, 0.2) is 64.2 Å². The van der Waals surface area contributed by atoms with Crippen LogP contribution in [0.25, 0.3) is 11.5 Å². The van der Waals surface area contributed by atoms with E-state index < -0.39 is 17.9 Å². The Morgan fingerprint density at radius 3 is 2.52 bits per heavy atom. The Labute approximate surface area is 171 Å². The molecule has 29 heavy (non-hydrogen) atoms. The van der Waals surface area contributed by atoms with Gasteiger partial charge < -0.3 is 19.6 Å². The number of aromatic nitrogens is 2. The molecule has 1 aromatic heterocycles. The van der Waals surface area contributed by atoms with E-state index in [-0.39, 0.29) is 17.4 Å². The van der Waals surface area contributed by atoms with Crippen LogP contribution in [0.5, 0.6) is 5.75 Å². The minimum atomic E-state index is -1.09. The molecule has 1 heterocycles. The fourth-order valence-electron chi connectivity index (χ4n) is 2.53. The lowest BCUT2D eigenvalue weighted by molar-refractivity contribution is -0.141. The highest BCUT2D eigenvalue weighted by Gasteiger charge is 2.21. The van der Waals surface area contributed by atoms with Crippen LogP contribution < -0.4 is 10.1 Å². The van der Waals surface area contributed by atoms with Crippen LogP contribution in [0.4, 0.5) is 0 Å². The first-order chi connectivity index (χ1) is 14.0. The molecule has 0 unspecified atom stereocenters. The van der Waals surface area contributed by atoms with Crippen molar-refractivity contribution in [1.82, 2.24) is 15.5 Å². The molecule has 3 rings (SSSR count). The molecule has 0 fully saturated rings. The molecule has 1 amide bonds. The molecule has 2 aromatic carbocycles. The number of aliphatic carboxylic acids is 1. The number of carbonyl (C=O) groups excluding carboxylic acids is 1. The summed E-state index contributed by atoms with van der Waals surface area (Å²) < 4.78 is 10.6. The lowest BCUT2D eigenvalue weighted by atomic mass is 10.1. The molecule has 0 aliphatic rings. The Hall–Kier alpha value is -3.33. The number of rotatable bonds is 9. The van der Waals surface area contributed by atoms with Crippen molar-refractivity contribution in [3.05, 3.63) is 60.2 Å². The topological polar surface area (TPSA) is 115 Å². The Bertz CT molecular complexity index is 960. The highest BCUT2D eigenvalue weighted by atomic mass is 32.2. The van der Waals surface area contributed by atoms with Gasteiger partial charge in [0.2, 0.25) is 11.8 Å². The summed E-state index contributed by atoms with van der Waals surface area (Å²) in [4.78, 5) is 23.6. The van der Waals surface area contributed by atoms with Crippen LogP contribution >= 0.6 is 11.8 Å². The van der Waals surface area contributed by atoms with Crippen molar-refractivity contribution in [2.75, 3.05) is 12.9 Å². The van der Waals surface area contributed by atoms with Crippen LogP contribution in [0.3, 0.4) is 0 Å². The van der Waals surface area contributed by atoms with E-state index in [0.29, 0.717) is 11.6 Å². The van der Waals surface area contributed by atoms with E-state index in [1.807, 2.05) is 30.3 Å². The third-order valence-corrected chi connectivity index (χ3v) is 4.80. The van der Waals surface area contributed by atoms with Gasteiger partial charge in [-0.2, -0.15) is 0 Å². The van der Waals surface area contributed by atoms with E-state index in [1.54, 1.807) is 31.4 Å². The van der Waals surface area contributed by atoms with E-state index >= 15 is 0 Å². The largest absolute Gasteiger partial charge is 0.497 e. The van der Waals surface area contributed by atoms with Crippen LogP contribution in [-0.4, -0.2) is 46.1 Å². The molecule has 0 aliphatic heterocycles. The van der Waals surface area contributed by atoms with E-state index in [1.165, 1.54) is 0 Å². The van der Waals surface area contributed by atoms with Gasteiger partial charge in [-0.15, -0.1) is 10.2 Å². The lowest BCUT2D eigenvalue weighted by Gasteiger charge is -2.14. The minimum Gasteiger partial charge on any atom is -0.497 e. The fourth-order valence-corrected chi connectivity index (χ4v) is 3.11. The number of nitrogens with zero attached hydrogens (tertiary/aromatic N) is 2. The summed E-state index contributed by atoms with van der Waals surface area (Å²) in [5.41, 5.74) is 1.55. The van der Waals surface area contributed by atoms with Crippen molar-refractivity contribution in [1.29, 1.82) is 0 Å². The molecule has 0 saturated heterocycles. The van der Waals surface area contributed by atoms with Crippen molar-refractivity contribution in [3.63, 3.8) is 0 Å². The maximum Gasteiger partial charge on any atom is 0.326 e. The zero-order chi connectivity index (χ0) is 20.6. The SMILES string of the molecule is COc1ccc(-c2nnc(SCC(=O)N[C@H](Cc3ccccc3)C(=O)O)o2)cc1. The predicted octanol–water partition coefficient (Wildman–Crippen LogP) is 2.65. The van der Waals surface area contributed by atoms with Gasteiger partial charge in [-0.05, 0) is 29.8 Å². The maximum absolute atomic E-state index is 12.2. The summed E-state index contributed by atoms with van der Waals surface area (Å²) in [5.74, 6) is -0.525. The van der Waals surface area contributed by atoms with Crippen LogP contribution in [0, 0.1) is 0 Å². The summed E-state index contributed by atoms with van der Waals surface area (Å²) in [6.07, 6.45) is 0.203. The zero-order valence-corrected chi connectivity index (χ0v) is 16.4. The van der Waals surface area contributed by atoms with Crippen molar-refractivity contribution < 1.29 is 23.8 Å². The number of carboxylic acid groups (broad SMARTS) is 1. The van der Waals surface area contributed by atoms with E-state index in [0.717, 1.165) is 22.9 Å². The average molecular weight is 413 g/mol. The standard InChI is InChI=1S/C20H19N3O5S/c1-27-15-9-7-14(8-10-15)18-22-23-20(28-18)29-12-17(24)21-16(19(25)26)11-13-5-3-2-4-6-13/h2-10,16H,11-12H2,1H3,(H,21,24)(H,25,26)/t16-/m1/s1. The number of amides is 1. The molecular formula is C20H19N3O5S. The molecule has 0 spiro atoms. The number of methoxy groups -OCH3 is 1. The number of carboxylic acids is 1. The Balaban J connectivity index is 1.54. The number of nitrogens with one attached hydrogen (secondary N) is 1. The molecule has 0 saturated carbocycles. The van der Waals surface area contributed by atoms with E-state index in [9.17, 15) is 14.7 Å². The number of hydrogen-bond acceptors (Lipinski definition) is 7. The van der Waals surface area contributed by atoms with E-state index in [2.05, 4.69) is 15.5 Å². The van der Waals surface area contributed by atoms with Gasteiger partial charge in [-0.3, -0.25) is 4.79 Å². The second-order valence-corrected chi connectivity index (χ2v) is 6.96. The average Bonchev–Trinajstić information content (AvgIpc) is 3.21. The van der Waals surface area contributed by atoms with Crippen molar-refractivity contribution in [2.24, 2.45) is 0 Å². The van der Waals surface area contributed by atoms with Gasteiger partial charge in [-0.1, -0.05) is 42.1 Å². The van der Waals surface area contributed by atoms with Crippen LogP contribution in [-0.2, 0) is 16.0 Å². The van der Waals surface area contributed by atoms with Gasteiger partial charge in [0.15, 0.2) is 0 Å². The lowest BCUT2D eigenvalue weighted by Crippen LogP contribution is -2.43. The molecular weight excluding hydrogens is 394 g/mol. The first-order valence-corrected chi connectivity index (χ1v) is 9.70. The molecule has 8 nitrogen and oxygen atoms in total. The molecule has 9 heteroatoms. The van der Waals surface area contributed by atoms with Gasteiger partial charge in [0, 0.05) is 12.0 Å². The number of hydrogen-bond donors (Lipinski definition) is 2. The van der Waals surface area contributed by atoms with Gasteiger partial charge in [0.25, 0.3) is 5.22 Å². The van der Waals surface area contributed by atoms with Crippen molar-refractivity contribution >= 4 is 23.6 Å². The van der Waals surface area contributed by atoms with Crippen molar-refractivity contribution in [3.8, 4) is 17.2 Å². The first kappa shape index (κ1) is 20.4. The normalized spacial score (nSPS) is 11.6. The Morgan fingerprint density at radius 1 is 1.14 bits per heavy atom. The second kappa shape index (κ2) is 9.74. The van der Waals surface area contributed by atoms with Crippen molar-refractivity contribution in [2.45, 2.75) is 17.7 Å². The summed E-state index contributed by atoms with van der Waals surface area (Å²) in [6.45, 7) is 0. The summed E-state index contributed by atoms with van der Waals surface area (Å²) in [6, 6.07) is 15.2. The van der Waals surface area contributed by atoms with E-state index in [4.69, 9.17) is 9.15 Å². The Kier molecular flexibility index (Phi) is 6.85. The molecule has 3 aromatic rings. The first-order valence-electron chi connectivity index (χ1n) is 8.72. The Morgan fingerprint density at radius 2 is 1.86 bits per heavy atom. The molecule has 2 N–H and O–H groups in total. The van der Waals surface area contributed by atoms with Crippen LogP contribution in [0.1, 0.15) is 5.56 Å². The van der Waals surface area contributed by atoms with Gasteiger partial charge in [-0.25, -0.2) is 4.79 Å². The number of ether oxygens (including phenoxy) is 1. The summed E-state index contributed by atoms with van der Waals surface area (Å²) >= 11 is 1.04. The number of thioether (sulfide) groups is 1. The molecule has 0 aliphatic carbocycles. The zero-order valence-electron chi connectivity index (χ0n) is 15.6. The number of carbonyl (C=O) groups is 2. The third kappa shape index (κ3) is 5.82. The van der Waals surface area contributed by atoms with Gasteiger partial charge >= 0.3 is 5.97 Å². The monoisotopic (exact) mass is 413 g/mol. The number of benzene rings is 2. The highest BCUT2D eigenvalue weighted by molar-refractivity contribution is 7.99. The summed E-state index contributed by atoms with van der Waals surface area (Å²) in [7, 11) is 1.58. The molecule has 150 valence electrons. The third-order valence-electron chi connectivity index (χ3n) is 3.99. The smallest absolute Gasteiger partial charge is 0.326 e. The molecule has 1 atom stereocenters. The minimum absolute atomic E-state index is 0.0389. The predicted molar refractivity (Wildman–Crippen MR) is 107 cm³/mol. The summed E-state index contributed by atoms with van der Waals surface area (Å²) in [5, 5.41) is 20.0. The van der Waals surface area contributed by atoms with Crippen LogP contribution in [0.2, 0.25) is 0 Å². The van der Waals surface area contributed by atoms with Gasteiger partial charge in [0.05, 0.1) is 12.9 Å². The molecule has 0 radical (unpaired) electrons. The molecule has 0 bridgehead atoms. The highest BCUT2D eigenvalue weighted by Crippen LogP contribution is 2.24. The quantitative estimate of drug-likeness (QED) is 0.515. The fraction of sp³-hybridized carbons (Fsp3) is 0.200. The second-order valence-electron chi connectivity index (χ2n) is 6.04.